The molecule has 1 aromatic carbocycles. The fourth-order valence-corrected chi connectivity index (χ4v) is 4.99. The lowest BCUT2D eigenvalue weighted by molar-refractivity contribution is -0.123. The number of benzene rings is 1. The molecule has 4 rings (SSSR count). The summed E-state index contributed by atoms with van der Waals surface area (Å²) in [7, 11) is 0. The van der Waals surface area contributed by atoms with Gasteiger partial charge in [0.2, 0.25) is 5.91 Å². The van der Waals surface area contributed by atoms with E-state index in [1.54, 1.807) is 29.6 Å². The molecule has 1 aliphatic rings. The lowest BCUT2D eigenvalue weighted by Crippen LogP contribution is -2.46. The third-order valence-corrected chi connectivity index (χ3v) is 6.57. The minimum Gasteiger partial charge on any atom is -0.351 e. The quantitative estimate of drug-likeness (QED) is 0.595. The number of carbonyl (C=O) groups is 2. The number of anilines is 1. The van der Waals surface area contributed by atoms with E-state index in [1.165, 1.54) is 16.2 Å². The van der Waals surface area contributed by atoms with Crippen LogP contribution in [0, 0.1) is 0 Å². The summed E-state index contributed by atoms with van der Waals surface area (Å²) in [5.74, 6) is -0.586. The van der Waals surface area contributed by atoms with Gasteiger partial charge in [0.05, 0.1) is 0 Å². The largest absolute Gasteiger partial charge is 0.351 e. The van der Waals surface area contributed by atoms with Crippen molar-refractivity contribution < 1.29 is 9.59 Å². The van der Waals surface area contributed by atoms with Gasteiger partial charge in [0.1, 0.15) is 0 Å². The molecule has 2 amide bonds. The van der Waals surface area contributed by atoms with E-state index in [9.17, 15) is 9.59 Å². The number of halogens is 1. The predicted molar refractivity (Wildman–Crippen MR) is 116 cm³/mol. The van der Waals surface area contributed by atoms with Gasteiger partial charge >= 0.3 is 0 Å². The first kappa shape index (κ1) is 20.0. The normalized spacial score (nSPS) is 15.2. The van der Waals surface area contributed by atoms with Crippen LogP contribution >= 0.6 is 34.5 Å². The van der Waals surface area contributed by atoms with Crippen molar-refractivity contribution in [3.8, 4) is 0 Å². The number of hydrogen-bond acceptors (Lipinski definition) is 6. The summed E-state index contributed by atoms with van der Waals surface area (Å²) in [6.45, 7) is 0. The van der Waals surface area contributed by atoms with Gasteiger partial charge in [-0.15, -0.1) is 16.4 Å². The average Bonchev–Trinajstić information content (AvgIpc) is 3.49. The molecule has 1 saturated carbocycles. The van der Waals surface area contributed by atoms with Crippen LogP contribution in [0.15, 0.2) is 47.2 Å². The Morgan fingerprint density at radius 3 is 2.69 bits per heavy atom. The van der Waals surface area contributed by atoms with E-state index in [4.69, 9.17) is 11.6 Å². The molecule has 1 fully saturated rings. The number of aromatic nitrogens is 2. The van der Waals surface area contributed by atoms with Gasteiger partial charge in [-0.05, 0) is 54.0 Å². The number of thiophene rings is 1. The highest BCUT2D eigenvalue weighted by atomic mass is 35.5. The minimum atomic E-state index is -0.816. The van der Waals surface area contributed by atoms with Crippen LogP contribution in [0.1, 0.15) is 47.1 Å². The number of nitrogens with one attached hydrogen (secondary N) is 1. The van der Waals surface area contributed by atoms with Crippen molar-refractivity contribution in [2.24, 2.45) is 0 Å². The number of carbonyl (C=O) groups excluding carboxylic acids is 2. The molecule has 0 bridgehead atoms. The summed E-state index contributed by atoms with van der Waals surface area (Å²) >= 11 is 8.74. The fourth-order valence-electron chi connectivity index (χ4n) is 3.56. The molecule has 3 aromatic rings. The van der Waals surface area contributed by atoms with E-state index < -0.39 is 6.04 Å². The molecule has 150 valence electrons. The molecule has 1 atom stereocenters. The fraction of sp³-hybridized carbons (Fsp3) is 0.300. The lowest BCUT2D eigenvalue weighted by atomic mass is 10.1. The van der Waals surface area contributed by atoms with Crippen molar-refractivity contribution in [1.82, 2.24) is 14.9 Å². The molecule has 0 saturated heterocycles. The maximum atomic E-state index is 13.4. The molecule has 2 heterocycles. The molecule has 9 heteroatoms. The lowest BCUT2D eigenvalue weighted by Gasteiger charge is -2.31. The molecule has 0 unspecified atom stereocenters. The third kappa shape index (κ3) is 4.49. The second-order valence-electron chi connectivity index (χ2n) is 6.85. The molecule has 1 aliphatic carbocycles. The molecule has 0 spiro atoms. The molecule has 0 aliphatic heterocycles. The van der Waals surface area contributed by atoms with Gasteiger partial charge in [0.25, 0.3) is 5.91 Å². The first-order valence-corrected chi connectivity index (χ1v) is 11.4. The molecule has 0 radical (unpaired) electrons. The molecular formula is C20H19ClN4O2S2. The number of nitrogens with zero attached hydrogens (tertiary/aromatic N) is 3. The van der Waals surface area contributed by atoms with Crippen LogP contribution in [0.2, 0.25) is 5.02 Å². The van der Waals surface area contributed by atoms with E-state index in [1.807, 2.05) is 17.5 Å². The molecule has 29 heavy (non-hydrogen) atoms. The van der Waals surface area contributed by atoms with Crippen LogP contribution in [-0.4, -0.2) is 27.4 Å². The van der Waals surface area contributed by atoms with Crippen LogP contribution in [0.25, 0.3) is 0 Å². The Morgan fingerprint density at radius 1 is 1.21 bits per heavy atom. The predicted octanol–water partition coefficient (Wildman–Crippen LogP) is 4.70. The van der Waals surface area contributed by atoms with Crippen molar-refractivity contribution in [2.45, 2.75) is 37.8 Å². The van der Waals surface area contributed by atoms with Crippen LogP contribution in [0.5, 0.6) is 0 Å². The summed E-state index contributed by atoms with van der Waals surface area (Å²) in [6.07, 6.45) is 4.14. The smallest absolute Gasteiger partial charge is 0.280 e. The van der Waals surface area contributed by atoms with Gasteiger partial charge < -0.3 is 5.32 Å². The van der Waals surface area contributed by atoms with Crippen LogP contribution in [-0.2, 0) is 4.79 Å². The average molecular weight is 447 g/mol. The topological polar surface area (TPSA) is 75.2 Å². The number of hydrogen-bond donors (Lipinski definition) is 1. The molecule has 1 N–H and O–H groups in total. The van der Waals surface area contributed by atoms with Gasteiger partial charge in [-0.1, -0.05) is 41.1 Å². The van der Waals surface area contributed by atoms with E-state index in [2.05, 4.69) is 14.9 Å². The van der Waals surface area contributed by atoms with Gasteiger partial charge in [-0.2, -0.15) is 0 Å². The number of amides is 2. The Labute approximate surface area is 181 Å². The first-order valence-electron chi connectivity index (χ1n) is 9.33. The summed E-state index contributed by atoms with van der Waals surface area (Å²) in [6, 6.07) is 10.0. The summed E-state index contributed by atoms with van der Waals surface area (Å²) in [5, 5.41) is 11.0. The maximum Gasteiger partial charge on any atom is 0.280 e. The van der Waals surface area contributed by atoms with Crippen molar-refractivity contribution in [3.63, 3.8) is 0 Å². The highest BCUT2D eigenvalue weighted by molar-refractivity contribution is 7.10. The Balaban J connectivity index is 1.77. The highest BCUT2D eigenvalue weighted by Crippen LogP contribution is 2.33. The van der Waals surface area contributed by atoms with Crippen LogP contribution < -0.4 is 10.2 Å². The van der Waals surface area contributed by atoms with Crippen LogP contribution in [0.3, 0.4) is 0 Å². The van der Waals surface area contributed by atoms with Crippen molar-refractivity contribution in [1.29, 1.82) is 0 Å². The molecule has 6 nitrogen and oxygen atoms in total. The van der Waals surface area contributed by atoms with E-state index in [0.29, 0.717) is 10.7 Å². The zero-order valence-corrected chi connectivity index (χ0v) is 17.8. The SMILES string of the molecule is O=C(NC1CCCC1)[C@@H](c1cccs1)N(C(=O)c1csnn1)c1cccc(Cl)c1. The number of rotatable bonds is 6. The summed E-state index contributed by atoms with van der Waals surface area (Å²) < 4.78 is 3.81. The van der Waals surface area contributed by atoms with Crippen molar-refractivity contribution in [2.75, 3.05) is 4.90 Å². The maximum absolute atomic E-state index is 13.4. The molecule has 2 aromatic heterocycles. The monoisotopic (exact) mass is 446 g/mol. The molecular weight excluding hydrogens is 428 g/mol. The van der Waals surface area contributed by atoms with Gasteiger partial charge in [-0.25, -0.2) is 0 Å². The second kappa shape index (κ2) is 9.02. The zero-order valence-electron chi connectivity index (χ0n) is 15.5. The highest BCUT2D eigenvalue weighted by Gasteiger charge is 2.36. The van der Waals surface area contributed by atoms with Gasteiger partial charge in [-0.3, -0.25) is 14.5 Å². The summed E-state index contributed by atoms with van der Waals surface area (Å²) in [5.41, 5.74) is 0.737. The summed E-state index contributed by atoms with van der Waals surface area (Å²) in [4.78, 5) is 29.1. The second-order valence-corrected chi connectivity index (χ2v) is 8.88. The Hall–Kier alpha value is -2.29. The standard InChI is InChI=1S/C20H19ClN4O2S2/c21-13-5-3-8-15(11-13)25(20(27)16-12-29-24-23-16)18(17-9-4-10-28-17)19(26)22-14-6-1-2-7-14/h3-5,8-12,14,18H,1-2,6-7H2,(H,22,26)/t18-/m1/s1. The van der Waals surface area contributed by atoms with E-state index >= 15 is 0 Å². The Morgan fingerprint density at radius 2 is 2.03 bits per heavy atom. The van der Waals surface area contributed by atoms with E-state index in [-0.39, 0.29) is 23.6 Å². The Kier molecular flexibility index (Phi) is 6.22. The van der Waals surface area contributed by atoms with Crippen molar-refractivity contribution in [3.05, 3.63) is 62.8 Å². The van der Waals surface area contributed by atoms with Gasteiger partial charge in [0.15, 0.2) is 11.7 Å². The zero-order chi connectivity index (χ0) is 20.2. The Bertz CT molecular complexity index is 972. The van der Waals surface area contributed by atoms with Crippen molar-refractivity contribution >= 4 is 52.0 Å². The third-order valence-electron chi connectivity index (χ3n) is 4.91. The van der Waals surface area contributed by atoms with Crippen LogP contribution in [0.4, 0.5) is 5.69 Å². The first-order chi connectivity index (χ1) is 14.1. The van der Waals surface area contributed by atoms with E-state index in [0.717, 1.165) is 42.1 Å². The minimum absolute atomic E-state index is 0.141. The van der Waals surface area contributed by atoms with Gasteiger partial charge in [0, 0.05) is 27.0 Å².